The summed E-state index contributed by atoms with van der Waals surface area (Å²) in [5.74, 6) is 0.910. The molecule has 0 spiro atoms. The van der Waals surface area contributed by atoms with Crippen molar-refractivity contribution in [1.82, 2.24) is 0 Å². The summed E-state index contributed by atoms with van der Waals surface area (Å²) in [5.41, 5.74) is 3.32. The molecule has 0 heterocycles. The fourth-order valence-corrected chi connectivity index (χ4v) is 2.47. The van der Waals surface area contributed by atoms with Gasteiger partial charge in [0, 0.05) is 6.54 Å². The van der Waals surface area contributed by atoms with Crippen LogP contribution in [0.3, 0.4) is 0 Å². The van der Waals surface area contributed by atoms with E-state index in [-0.39, 0.29) is 0 Å². The van der Waals surface area contributed by atoms with Crippen LogP contribution in [0.25, 0.3) is 0 Å². The average Bonchev–Trinajstić information content (AvgIpc) is 2.40. The van der Waals surface area contributed by atoms with E-state index in [1.165, 1.54) is 5.56 Å². The molecular weight excluding hydrogens is 326 g/mol. The minimum Gasteiger partial charge on any atom is -0.496 e. The summed E-state index contributed by atoms with van der Waals surface area (Å²) < 4.78 is 6.14. The van der Waals surface area contributed by atoms with E-state index in [4.69, 9.17) is 16.3 Å². The Morgan fingerprint density at radius 1 is 1.26 bits per heavy atom. The van der Waals surface area contributed by atoms with Gasteiger partial charge in [-0.15, -0.1) is 0 Å². The molecule has 0 saturated carbocycles. The zero-order valence-corrected chi connectivity index (χ0v) is 13.2. The number of rotatable bonds is 4. The monoisotopic (exact) mass is 339 g/mol. The van der Waals surface area contributed by atoms with E-state index < -0.39 is 0 Å². The van der Waals surface area contributed by atoms with Crippen molar-refractivity contribution in [2.24, 2.45) is 0 Å². The maximum atomic E-state index is 6.06. The fraction of sp³-hybridized carbons (Fsp3) is 0.200. The molecule has 0 bridgehead atoms. The molecule has 0 aliphatic carbocycles. The zero-order valence-electron chi connectivity index (χ0n) is 10.8. The van der Waals surface area contributed by atoms with Gasteiger partial charge in [0.2, 0.25) is 0 Å². The molecule has 2 aromatic rings. The first kappa shape index (κ1) is 14.2. The van der Waals surface area contributed by atoms with Gasteiger partial charge in [-0.1, -0.05) is 29.8 Å². The van der Waals surface area contributed by atoms with E-state index in [1.54, 1.807) is 7.11 Å². The third kappa shape index (κ3) is 3.43. The summed E-state index contributed by atoms with van der Waals surface area (Å²) in [5, 5.41) is 4.07. The quantitative estimate of drug-likeness (QED) is 0.842. The van der Waals surface area contributed by atoms with Gasteiger partial charge in [-0.2, -0.15) is 0 Å². The molecule has 0 fully saturated rings. The smallest absolute Gasteiger partial charge is 0.121 e. The lowest BCUT2D eigenvalue weighted by Crippen LogP contribution is -2.01. The second kappa shape index (κ2) is 6.31. The van der Waals surface area contributed by atoms with Gasteiger partial charge in [-0.25, -0.2) is 0 Å². The molecule has 2 rings (SSSR count). The highest BCUT2D eigenvalue weighted by Gasteiger charge is 2.04. The summed E-state index contributed by atoms with van der Waals surface area (Å²) in [6, 6.07) is 11.9. The van der Waals surface area contributed by atoms with Crippen molar-refractivity contribution in [2.75, 3.05) is 12.4 Å². The first-order valence-electron chi connectivity index (χ1n) is 5.93. The highest BCUT2D eigenvalue weighted by Crippen LogP contribution is 2.30. The van der Waals surface area contributed by atoms with Crippen molar-refractivity contribution < 1.29 is 4.74 Å². The molecule has 0 atom stereocenters. The fourth-order valence-electron chi connectivity index (χ4n) is 1.89. The molecule has 2 aromatic carbocycles. The Kier molecular flexibility index (Phi) is 4.72. The largest absolute Gasteiger partial charge is 0.496 e. The summed E-state index contributed by atoms with van der Waals surface area (Å²) in [4.78, 5) is 0. The predicted molar refractivity (Wildman–Crippen MR) is 84.2 cm³/mol. The maximum Gasteiger partial charge on any atom is 0.121 e. The highest BCUT2D eigenvalue weighted by molar-refractivity contribution is 9.10. The normalized spacial score (nSPS) is 10.3. The molecule has 0 aliphatic rings. The van der Waals surface area contributed by atoms with Crippen molar-refractivity contribution in [3.8, 4) is 5.75 Å². The number of benzene rings is 2. The van der Waals surface area contributed by atoms with Crippen LogP contribution in [0.5, 0.6) is 5.75 Å². The number of anilines is 1. The Balaban J connectivity index is 2.10. The molecule has 0 radical (unpaired) electrons. The number of methoxy groups -OCH3 is 1. The third-order valence-electron chi connectivity index (χ3n) is 2.89. The van der Waals surface area contributed by atoms with E-state index in [0.717, 1.165) is 28.0 Å². The molecule has 19 heavy (non-hydrogen) atoms. The molecule has 2 nitrogen and oxygen atoms in total. The third-order valence-corrected chi connectivity index (χ3v) is 4.29. The Labute approximate surface area is 126 Å². The number of halogens is 2. The van der Waals surface area contributed by atoms with Gasteiger partial charge in [0.15, 0.2) is 0 Å². The lowest BCUT2D eigenvalue weighted by Gasteiger charge is -2.11. The highest BCUT2D eigenvalue weighted by atomic mass is 79.9. The van der Waals surface area contributed by atoms with Crippen LogP contribution in [0, 0.1) is 6.92 Å². The SMILES string of the molecule is COc1ccc(CNc2cccc(Cl)c2Br)cc1C. The molecule has 100 valence electrons. The lowest BCUT2D eigenvalue weighted by atomic mass is 10.1. The first-order chi connectivity index (χ1) is 9.11. The summed E-state index contributed by atoms with van der Waals surface area (Å²) >= 11 is 9.53. The van der Waals surface area contributed by atoms with Gasteiger partial charge in [0.05, 0.1) is 22.3 Å². The Hall–Kier alpha value is -1.19. The molecule has 0 aliphatic heterocycles. The van der Waals surface area contributed by atoms with Crippen LogP contribution in [0.4, 0.5) is 5.69 Å². The number of ether oxygens (including phenoxy) is 1. The van der Waals surface area contributed by atoms with Crippen molar-refractivity contribution >= 4 is 33.2 Å². The van der Waals surface area contributed by atoms with Crippen LogP contribution in [0.15, 0.2) is 40.9 Å². The number of aryl methyl sites for hydroxylation is 1. The van der Waals surface area contributed by atoms with Crippen LogP contribution in [0.1, 0.15) is 11.1 Å². The predicted octanol–water partition coefficient (Wildman–Crippen LogP) is 5.03. The Bertz CT molecular complexity index is 586. The van der Waals surface area contributed by atoms with E-state index >= 15 is 0 Å². The second-order valence-electron chi connectivity index (χ2n) is 4.26. The first-order valence-corrected chi connectivity index (χ1v) is 7.10. The van der Waals surface area contributed by atoms with Gasteiger partial charge >= 0.3 is 0 Å². The average molecular weight is 341 g/mol. The summed E-state index contributed by atoms with van der Waals surface area (Å²) in [6.45, 7) is 2.78. The molecule has 0 saturated heterocycles. The molecule has 4 heteroatoms. The maximum absolute atomic E-state index is 6.06. The molecule has 0 unspecified atom stereocenters. The number of hydrogen-bond donors (Lipinski definition) is 1. The van der Waals surface area contributed by atoms with Crippen molar-refractivity contribution in [2.45, 2.75) is 13.5 Å². The lowest BCUT2D eigenvalue weighted by molar-refractivity contribution is 0.411. The van der Waals surface area contributed by atoms with E-state index in [0.29, 0.717) is 5.02 Å². The van der Waals surface area contributed by atoms with E-state index in [2.05, 4.69) is 33.4 Å². The van der Waals surface area contributed by atoms with Gasteiger partial charge in [-0.3, -0.25) is 0 Å². The minimum absolute atomic E-state index is 0.705. The molecule has 0 amide bonds. The standard InChI is InChI=1S/C15H15BrClNO/c1-10-8-11(6-7-14(10)19-2)9-18-13-5-3-4-12(17)15(13)16/h3-8,18H,9H2,1-2H3. The zero-order chi connectivity index (χ0) is 13.8. The molecular formula is C15H15BrClNO. The van der Waals surface area contributed by atoms with Gasteiger partial charge in [0.1, 0.15) is 5.75 Å². The number of nitrogens with one attached hydrogen (secondary N) is 1. The van der Waals surface area contributed by atoms with Crippen molar-refractivity contribution in [1.29, 1.82) is 0 Å². The van der Waals surface area contributed by atoms with Gasteiger partial charge < -0.3 is 10.1 Å². The van der Waals surface area contributed by atoms with Gasteiger partial charge in [-0.05, 0) is 52.2 Å². The summed E-state index contributed by atoms with van der Waals surface area (Å²) in [6.07, 6.45) is 0. The van der Waals surface area contributed by atoms with Crippen LogP contribution in [-0.2, 0) is 6.54 Å². The van der Waals surface area contributed by atoms with Crippen molar-refractivity contribution in [3.05, 3.63) is 57.0 Å². The summed E-state index contributed by atoms with van der Waals surface area (Å²) in [7, 11) is 1.68. The van der Waals surface area contributed by atoms with Crippen LogP contribution >= 0.6 is 27.5 Å². The van der Waals surface area contributed by atoms with Crippen LogP contribution in [-0.4, -0.2) is 7.11 Å². The number of hydrogen-bond acceptors (Lipinski definition) is 2. The van der Waals surface area contributed by atoms with Crippen LogP contribution < -0.4 is 10.1 Å². The van der Waals surface area contributed by atoms with Crippen LogP contribution in [0.2, 0.25) is 5.02 Å². The van der Waals surface area contributed by atoms with E-state index in [1.807, 2.05) is 31.2 Å². The topological polar surface area (TPSA) is 21.3 Å². The second-order valence-corrected chi connectivity index (χ2v) is 5.46. The Morgan fingerprint density at radius 3 is 2.74 bits per heavy atom. The molecule has 1 N–H and O–H groups in total. The minimum atomic E-state index is 0.705. The van der Waals surface area contributed by atoms with E-state index in [9.17, 15) is 0 Å². The molecule has 0 aromatic heterocycles. The van der Waals surface area contributed by atoms with Gasteiger partial charge in [0.25, 0.3) is 0 Å². The van der Waals surface area contributed by atoms with Crippen molar-refractivity contribution in [3.63, 3.8) is 0 Å². The Morgan fingerprint density at radius 2 is 2.05 bits per heavy atom.